The first kappa shape index (κ1) is 21.8. The Kier molecular flexibility index (Phi) is 7.17. The van der Waals surface area contributed by atoms with E-state index in [4.69, 9.17) is 9.47 Å². The molecule has 158 valence electrons. The number of methoxy groups -OCH3 is 1. The molecule has 0 unspecified atom stereocenters. The van der Waals surface area contributed by atoms with Gasteiger partial charge in [0.05, 0.1) is 18.4 Å². The Morgan fingerprint density at radius 1 is 0.935 bits per heavy atom. The van der Waals surface area contributed by atoms with Crippen LogP contribution in [0.15, 0.2) is 78.9 Å². The van der Waals surface area contributed by atoms with Crippen molar-refractivity contribution in [1.82, 2.24) is 0 Å². The van der Waals surface area contributed by atoms with E-state index in [1.807, 2.05) is 24.3 Å². The first-order valence-corrected chi connectivity index (χ1v) is 9.66. The molecule has 31 heavy (non-hydrogen) atoms. The summed E-state index contributed by atoms with van der Waals surface area (Å²) in [4.78, 5) is 25.4. The molecule has 0 spiro atoms. The van der Waals surface area contributed by atoms with Gasteiger partial charge in [0.1, 0.15) is 11.6 Å². The maximum Gasteiger partial charge on any atom is 0.339 e. The van der Waals surface area contributed by atoms with Crippen molar-refractivity contribution in [3.8, 4) is 5.75 Å². The third-order valence-electron chi connectivity index (χ3n) is 4.53. The second-order valence-electron chi connectivity index (χ2n) is 6.68. The fourth-order valence-corrected chi connectivity index (χ4v) is 2.89. The summed E-state index contributed by atoms with van der Waals surface area (Å²) in [6.07, 6.45) is 0.509. The average molecular weight is 419 g/mol. The van der Waals surface area contributed by atoms with Crippen molar-refractivity contribution in [1.29, 1.82) is 0 Å². The molecule has 6 heteroatoms. The SMILES string of the molecule is COc1ccccc1/C=C(/C(=O)O[C@@H](C)C(=O)Nc1ccccc1F)c1ccccc1. The number of ether oxygens (including phenoxy) is 2. The molecule has 0 aromatic heterocycles. The van der Waals surface area contributed by atoms with E-state index in [1.165, 1.54) is 25.1 Å². The number of nitrogens with one attached hydrogen (secondary N) is 1. The number of hydrogen-bond acceptors (Lipinski definition) is 4. The van der Waals surface area contributed by atoms with Gasteiger partial charge in [0, 0.05) is 5.56 Å². The molecule has 3 aromatic rings. The number of halogens is 1. The Bertz CT molecular complexity index is 1100. The van der Waals surface area contributed by atoms with Crippen LogP contribution in [0.4, 0.5) is 10.1 Å². The Hall–Kier alpha value is -3.93. The van der Waals surface area contributed by atoms with Crippen LogP contribution in [-0.4, -0.2) is 25.1 Å². The molecule has 5 nitrogen and oxygen atoms in total. The molecular formula is C25H22FNO4. The van der Waals surface area contributed by atoms with Crippen molar-refractivity contribution < 1.29 is 23.5 Å². The normalized spacial score (nSPS) is 12.0. The monoisotopic (exact) mass is 419 g/mol. The van der Waals surface area contributed by atoms with Crippen LogP contribution in [0.25, 0.3) is 11.6 Å². The number of anilines is 1. The topological polar surface area (TPSA) is 64.6 Å². The molecule has 0 bridgehead atoms. The van der Waals surface area contributed by atoms with Crippen LogP contribution >= 0.6 is 0 Å². The summed E-state index contributed by atoms with van der Waals surface area (Å²) >= 11 is 0. The zero-order chi connectivity index (χ0) is 22.2. The first-order chi connectivity index (χ1) is 15.0. The number of carbonyl (C=O) groups excluding carboxylic acids is 2. The Morgan fingerprint density at radius 3 is 2.29 bits per heavy atom. The summed E-state index contributed by atoms with van der Waals surface area (Å²) in [5.41, 5.74) is 1.59. The van der Waals surface area contributed by atoms with Crippen molar-refractivity contribution in [2.24, 2.45) is 0 Å². The molecule has 0 radical (unpaired) electrons. The second kappa shape index (κ2) is 10.2. The molecule has 3 aromatic carbocycles. The third-order valence-corrected chi connectivity index (χ3v) is 4.53. The molecule has 3 rings (SSSR count). The summed E-state index contributed by atoms with van der Waals surface area (Å²) in [7, 11) is 1.54. The highest BCUT2D eigenvalue weighted by atomic mass is 19.1. The lowest BCUT2D eigenvalue weighted by atomic mass is 10.0. The van der Waals surface area contributed by atoms with E-state index in [0.717, 1.165) is 0 Å². The van der Waals surface area contributed by atoms with Gasteiger partial charge < -0.3 is 14.8 Å². The van der Waals surface area contributed by atoms with Gasteiger partial charge in [-0.05, 0) is 36.8 Å². The molecule has 1 amide bonds. The van der Waals surface area contributed by atoms with E-state index in [-0.39, 0.29) is 11.3 Å². The molecule has 0 aliphatic heterocycles. The molecule has 0 saturated heterocycles. The van der Waals surface area contributed by atoms with E-state index in [2.05, 4.69) is 5.32 Å². The van der Waals surface area contributed by atoms with Gasteiger partial charge in [0.2, 0.25) is 0 Å². The largest absolute Gasteiger partial charge is 0.496 e. The van der Waals surface area contributed by atoms with Gasteiger partial charge in [-0.25, -0.2) is 9.18 Å². The number of amides is 1. The smallest absolute Gasteiger partial charge is 0.339 e. The quantitative estimate of drug-likeness (QED) is 0.335. The number of carbonyl (C=O) groups is 2. The summed E-state index contributed by atoms with van der Waals surface area (Å²) < 4.78 is 24.6. The number of esters is 1. The molecule has 0 saturated carbocycles. The van der Waals surface area contributed by atoms with Gasteiger partial charge in [-0.3, -0.25) is 4.79 Å². The molecule has 0 fully saturated rings. The maximum atomic E-state index is 13.8. The van der Waals surface area contributed by atoms with Crippen molar-refractivity contribution in [3.05, 3.63) is 95.8 Å². The van der Waals surface area contributed by atoms with E-state index >= 15 is 0 Å². The lowest BCUT2D eigenvalue weighted by Gasteiger charge is -2.16. The Balaban J connectivity index is 1.84. The van der Waals surface area contributed by atoms with Crippen LogP contribution in [0.5, 0.6) is 5.75 Å². The Labute approximate surface area is 180 Å². The molecule has 0 aliphatic rings. The lowest BCUT2D eigenvalue weighted by Crippen LogP contribution is -2.30. The molecular weight excluding hydrogens is 397 g/mol. The van der Waals surface area contributed by atoms with Crippen LogP contribution in [0.3, 0.4) is 0 Å². The molecule has 1 atom stereocenters. The Morgan fingerprint density at radius 2 is 1.58 bits per heavy atom. The highest BCUT2D eigenvalue weighted by molar-refractivity contribution is 6.22. The summed E-state index contributed by atoms with van der Waals surface area (Å²) in [6.45, 7) is 1.43. The van der Waals surface area contributed by atoms with E-state index in [1.54, 1.807) is 49.6 Å². The second-order valence-corrected chi connectivity index (χ2v) is 6.68. The van der Waals surface area contributed by atoms with Crippen LogP contribution in [0.1, 0.15) is 18.1 Å². The van der Waals surface area contributed by atoms with Crippen LogP contribution in [0.2, 0.25) is 0 Å². The van der Waals surface area contributed by atoms with Gasteiger partial charge in [-0.2, -0.15) is 0 Å². The number of benzene rings is 3. The standard InChI is InChI=1S/C25H22FNO4/c1-17(24(28)27-22-14-8-7-13-21(22)26)31-25(29)20(18-10-4-3-5-11-18)16-19-12-6-9-15-23(19)30-2/h3-17H,1-2H3,(H,27,28)/b20-16+/t17-/m0/s1. The van der Waals surface area contributed by atoms with Crippen molar-refractivity contribution in [3.63, 3.8) is 0 Å². The van der Waals surface area contributed by atoms with E-state index in [0.29, 0.717) is 16.9 Å². The van der Waals surface area contributed by atoms with Gasteiger partial charge in [0.25, 0.3) is 5.91 Å². The maximum absolute atomic E-state index is 13.8. The predicted molar refractivity (Wildman–Crippen MR) is 118 cm³/mol. The van der Waals surface area contributed by atoms with Crippen molar-refractivity contribution in [2.75, 3.05) is 12.4 Å². The first-order valence-electron chi connectivity index (χ1n) is 9.66. The molecule has 0 heterocycles. The minimum atomic E-state index is -1.14. The molecule has 1 N–H and O–H groups in total. The highest BCUT2D eigenvalue weighted by Gasteiger charge is 2.22. The lowest BCUT2D eigenvalue weighted by molar-refractivity contribution is -0.147. The zero-order valence-electron chi connectivity index (χ0n) is 17.2. The summed E-state index contributed by atoms with van der Waals surface area (Å²) in [5.74, 6) is -1.30. The minimum absolute atomic E-state index is 0.0169. The number of hydrogen-bond donors (Lipinski definition) is 1. The zero-order valence-corrected chi connectivity index (χ0v) is 17.2. The van der Waals surface area contributed by atoms with Crippen molar-refractivity contribution >= 4 is 29.2 Å². The fourth-order valence-electron chi connectivity index (χ4n) is 2.89. The average Bonchev–Trinajstić information content (AvgIpc) is 2.79. The van der Waals surface area contributed by atoms with Crippen molar-refractivity contribution in [2.45, 2.75) is 13.0 Å². The minimum Gasteiger partial charge on any atom is -0.496 e. The van der Waals surface area contributed by atoms with Crippen LogP contribution in [-0.2, 0) is 14.3 Å². The van der Waals surface area contributed by atoms with Crippen LogP contribution in [0, 0.1) is 5.82 Å². The fraction of sp³-hybridized carbons (Fsp3) is 0.120. The predicted octanol–water partition coefficient (Wildman–Crippen LogP) is 4.95. The van der Waals surface area contributed by atoms with Gasteiger partial charge in [-0.15, -0.1) is 0 Å². The van der Waals surface area contributed by atoms with Crippen LogP contribution < -0.4 is 10.1 Å². The number of para-hydroxylation sites is 2. The highest BCUT2D eigenvalue weighted by Crippen LogP contribution is 2.26. The van der Waals surface area contributed by atoms with Gasteiger partial charge >= 0.3 is 5.97 Å². The van der Waals surface area contributed by atoms with E-state index in [9.17, 15) is 14.0 Å². The summed E-state index contributed by atoms with van der Waals surface area (Å²) in [6, 6.07) is 22.0. The third kappa shape index (κ3) is 5.57. The summed E-state index contributed by atoms with van der Waals surface area (Å²) in [5, 5.41) is 2.43. The number of rotatable bonds is 7. The van der Waals surface area contributed by atoms with E-state index < -0.39 is 23.8 Å². The molecule has 0 aliphatic carbocycles. The van der Waals surface area contributed by atoms with Gasteiger partial charge in [-0.1, -0.05) is 60.7 Å². The van der Waals surface area contributed by atoms with Gasteiger partial charge in [0.15, 0.2) is 6.10 Å².